The largest absolute Gasteiger partial charge is 0.508 e. The van der Waals surface area contributed by atoms with Crippen LogP contribution in [0.5, 0.6) is 5.75 Å². The Morgan fingerprint density at radius 3 is 2.67 bits per heavy atom. The SMILES string of the molecule is CCC(C=O)c1ccccc1O. The third-order valence-corrected chi connectivity index (χ3v) is 1.94. The van der Waals surface area contributed by atoms with Crippen molar-refractivity contribution in [3.8, 4) is 5.75 Å². The van der Waals surface area contributed by atoms with Gasteiger partial charge in [-0.3, -0.25) is 0 Å². The quantitative estimate of drug-likeness (QED) is 0.694. The number of carbonyl (C=O) groups excluding carboxylic acids is 1. The molecule has 1 aromatic rings. The number of benzene rings is 1. The summed E-state index contributed by atoms with van der Waals surface area (Å²) < 4.78 is 0. The Kier molecular flexibility index (Phi) is 2.86. The normalized spacial score (nSPS) is 12.4. The van der Waals surface area contributed by atoms with Crippen molar-refractivity contribution in [3.63, 3.8) is 0 Å². The van der Waals surface area contributed by atoms with E-state index in [0.717, 1.165) is 18.3 Å². The van der Waals surface area contributed by atoms with Gasteiger partial charge in [0.15, 0.2) is 0 Å². The highest BCUT2D eigenvalue weighted by molar-refractivity contribution is 5.64. The second kappa shape index (κ2) is 3.90. The zero-order valence-electron chi connectivity index (χ0n) is 7.03. The average molecular weight is 164 g/mol. The van der Waals surface area contributed by atoms with Crippen molar-refractivity contribution in [2.45, 2.75) is 19.3 Å². The zero-order chi connectivity index (χ0) is 8.97. The summed E-state index contributed by atoms with van der Waals surface area (Å²) in [5, 5.41) is 9.38. The minimum absolute atomic E-state index is 0.175. The third kappa shape index (κ3) is 1.64. The number of phenols is 1. The molecule has 1 unspecified atom stereocenters. The molecule has 0 aliphatic heterocycles. The molecule has 1 aromatic carbocycles. The van der Waals surface area contributed by atoms with Gasteiger partial charge < -0.3 is 9.90 Å². The van der Waals surface area contributed by atoms with E-state index in [1.807, 2.05) is 13.0 Å². The van der Waals surface area contributed by atoms with Gasteiger partial charge in [0, 0.05) is 11.5 Å². The molecule has 0 spiro atoms. The van der Waals surface area contributed by atoms with Gasteiger partial charge in [-0.2, -0.15) is 0 Å². The Bertz CT molecular complexity index is 268. The van der Waals surface area contributed by atoms with Crippen molar-refractivity contribution in [3.05, 3.63) is 29.8 Å². The van der Waals surface area contributed by atoms with Gasteiger partial charge >= 0.3 is 0 Å². The van der Waals surface area contributed by atoms with E-state index in [0.29, 0.717) is 0 Å². The highest BCUT2D eigenvalue weighted by Crippen LogP contribution is 2.25. The molecule has 0 fully saturated rings. The van der Waals surface area contributed by atoms with Crippen molar-refractivity contribution in [1.29, 1.82) is 0 Å². The standard InChI is InChI=1S/C10H12O2/c1-2-8(7-11)9-5-3-4-6-10(9)12/h3-8,12H,2H2,1H3. The maximum Gasteiger partial charge on any atom is 0.127 e. The topological polar surface area (TPSA) is 37.3 Å². The van der Waals surface area contributed by atoms with Gasteiger partial charge in [0.2, 0.25) is 0 Å². The molecule has 2 nitrogen and oxygen atoms in total. The van der Waals surface area contributed by atoms with Crippen molar-refractivity contribution >= 4 is 6.29 Å². The lowest BCUT2D eigenvalue weighted by atomic mass is 9.97. The second-order valence-corrected chi connectivity index (χ2v) is 2.71. The molecule has 0 saturated heterocycles. The first-order valence-corrected chi connectivity index (χ1v) is 4.02. The maximum atomic E-state index is 10.6. The van der Waals surface area contributed by atoms with E-state index in [9.17, 15) is 9.90 Å². The van der Waals surface area contributed by atoms with Crippen molar-refractivity contribution in [1.82, 2.24) is 0 Å². The monoisotopic (exact) mass is 164 g/mol. The molecule has 1 N–H and O–H groups in total. The summed E-state index contributed by atoms with van der Waals surface area (Å²) in [5.41, 5.74) is 0.718. The molecular formula is C10H12O2. The number of phenolic OH excluding ortho intramolecular Hbond substituents is 1. The predicted molar refractivity (Wildman–Crippen MR) is 47.2 cm³/mol. The van der Waals surface area contributed by atoms with E-state index in [-0.39, 0.29) is 11.7 Å². The summed E-state index contributed by atoms with van der Waals surface area (Å²) in [6, 6.07) is 6.94. The number of hydrogen-bond acceptors (Lipinski definition) is 2. The average Bonchev–Trinajstić information content (AvgIpc) is 2.10. The van der Waals surface area contributed by atoms with Crippen LogP contribution in [0, 0.1) is 0 Å². The van der Waals surface area contributed by atoms with E-state index >= 15 is 0 Å². The van der Waals surface area contributed by atoms with Crippen LogP contribution in [0.25, 0.3) is 0 Å². The zero-order valence-corrected chi connectivity index (χ0v) is 7.03. The molecule has 0 radical (unpaired) electrons. The number of aromatic hydroxyl groups is 1. The van der Waals surface area contributed by atoms with E-state index in [2.05, 4.69) is 0 Å². The van der Waals surface area contributed by atoms with Gasteiger partial charge in [0.1, 0.15) is 12.0 Å². The minimum atomic E-state index is -0.175. The first-order valence-electron chi connectivity index (χ1n) is 4.02. The third-order valence-electron chi connectivity index (χ3n) is 1.94. The Morgan fingerprint density at radius 2 is 2.17 bits per heavy atom. The first kappa shape index (κ1) is 8.78. The van der Waals surface area contributed by atoms with Crippen LogP contribution in [0.4, 0.5) is 0 Å². The summed E-state index contributed by atoms with van der Waals surface area (Å²) in [6.07, 6.45) is 1.59. The van der Waals surface area contributed by atoms with Crippen LogP contribution in [0.1, 0.15) is 24.8 Å². The summed E-state index contributed by atoms with van der Waals surface area (Å²) in [6.45, 7) is 1.92. The van der Waals surface area contributed by atoms with Crippen molar-refractivity contribution in [2.75, 3.05) is 0 Å². The fraction of sp³-hybridized carbons (Fsp3) is 0.300. The van der Waals surface area contributed by atoms with Gasteiger partial charge in [-0.05, 0) is 12.5 Å². The lowest BCUT2D eigenvalue weighted by Crippen LogP contribution is -1.98. The summed E-state index contributed by atoms with van der Waals surface area (Å²) in [7, 11) is 0. The molecular weight excluding hydrogens is 152 g/mol. The van der Waals surface area contributed by atoms with E-state index in [4.69, 9.17) is 0 Å². The highest BCUT2D eigenvalue weighted by atomic mass is 16.3. The Labute approximate surface area is 71.8 Å². The molecule has 1 atom stereocenters. The van der Waals surface area contributed by atoms with Crippen LogP contribution >= 0.6 is 0 Å². The molecule has 0 aliphatic carbocycles. The Balaban J connectivity index is 3.00. The van der Waals surface area contributed by atoms with Gasteiger partial charge in [0.25, 0.3) is 0 Å². The van der Waals surface area contributed by atoms with Crippen LogP contribution in [0.3, 0.4) is 0 Å². The van der Waals surface area contributed by atoms with E-state index in [1.165, 1.54) is 0 Å². The summed E-state index contributed by atoms with van der Waals surface area (Å²) in [4.78, 5) is 10.6. The minimum Gasteiger partial charge on any atom is -0.508 e. The smallest absolute Gasteiger partial charge is 0.127 e. The number of rotatable bonds is 3. The van der Waals surface area contributed by atoms with Crippen LogP contribution in [0.15, 0.2) is 24.3 Å². The summed E-state index contributed by atoms with van der Waals surface area (Å²) in [5.74, 6) is 0.0302. The van der Waals surface area contributed by atoms with Gasteiger partial charge in [-0.1, -0.05) is 25.1 Å². The molecule has 0 aliphatic rings. The van der Waals surface area contributed by atoms with Crippen molar-refractivity contribution < 1.29 is 9.90 Å². The van der Waals surface area contributed by atoms with Gasteiger partial charge in [-0.15, -0.1) is 0 Å². The molecule has 0 amide bonds. The lowest BCUT2D eigenvalue weighted by Gasteiger charge is -2.08. The van der Waals surface area contributed by atoms with Gasteiger partial charge in [0.05, 0.1) is 0 Å². The fourth-order valence-corrected chi connectivity index (χ4v) is 1.19. The van der Waals surface area contributed by atoms with E-state index < -0.39 is 0 Å². The van der Waals surface area contributed by atoms with Crippen LogP contribution in [-0.2, 0) is 4.79 Å². The van der Waals surface area contributed by atoms with Crippen LogP contribution < -0.4 is 0 Å². The Hall–Kier alpha value is -1.31. The fourth-order valence-electron chi connectivity index (χ4n) is 1.19. The maximum absolute atomic E-state index is 10.6. The molecule has 2 heteroatoms. The molecule has 0 heterocycles. The number of carbonyl (C=O) groups is 1. The number of hydrogen-bond donors (Lipinski definition) is 1. The Morgan fingerprint density at radius 1 is 1.50 bits per heavy atom. The number of aldehydes is 1. The summed E-state index contributed by atoms with van der Waals surface area (Å²) >= 11 is 0. The van der Waals surface area contributed by atoms with Gasteiger partial charge in [-0.25, -0.2) is 0 Å². The second-order valence-electron chi connectivity index (χ2n) is 2.71. The molecule has 12 heavy (non-hydrogen) atoms. The van der Waals surface area contributed by atoms with Crippen LogP contribution in [0.2, 0.25) is 0 Å². The van der Waals surface area contributed by atoms with Crippen LogP contribution in [-0.4, -0.2) is 11.4 Å². The molecule has 0 aromatic heterocycles. The lowest BCUT2D eigenvalue weighted by molar-refractivity contribution is -0.109. The highest BCUT2D eigenvalue weighted by Gasteiger charge is 2.10. The molecule has 0 saturated carbocycles. The van der Waals surface area contributed by atoms with Crippen molar-refractivity contribution in [2.24, 2.45) is 0 Å². The van der Waals surface area contributed by atoms with E-state index in [1.54, 1.807) is 18.2 Å². The number of para-hydroxylation sites is 1. The molecule has 1 rings (SSSR count). The predicted octanol–water partition coefficient (Wildman–Crippen LogP) is 2.08. The first-order chi connectivity index (χ1) is 5.79. The molecule has 0 bridgehead atoms. The molecule has 64 valence electrons.